The largest absolute Gasteiger partial charge is 0.355 e. The normalized spacial score (nSPS) is 10.4. The van der Waals surface area contributed by atoms with Gasteiger partial charge in [-0.3, -0.25) is 0 Å². The smallest absolute Gasteiger partial charge is 0.224 e. The lowest BCUT2D eigenvalue weighted by Gasteiger charge is -2.23. The van der Waals surface area contributed by atoms with Gasteiger partial charge in [0.05, 0.1) is 6.20 Å². The van der Waals surface area contributed by atoms with Crippen molar-refractivity contribution in [1.29, 1.82) is 0 Å². The molecule has 1 aromatic rings. The van der Waals surface area contributed by atoms with Crippen molar-refractivity contribution >= 4 is 29.0 Å². The molecule has 15 heavy (non-hydrogen) atoms. The minimum absolute atomic E-state index is 0.242. The number of rotatable bonds is 5. The van der Waals surface area contributed by atoms with Crippen LogP contribution in [-0.4, -0.2) is 23.1 Å². The minimum atomic E-state index is 0.242. The highest BCUT2D eigenvalue weighted by molar-refractivity contribution is 6.33. The zero-order valence-electron chi connectivity index (χ0n) is 9.00. The van der Waals surface area contributed by atoms with Crippen molar-refractivity contribution in [3.63, 3.8) is 0 Å². The number of hydrogen-bond donors (Lipinski definition) is 0. The first-order chi connectivity index (χ1) is 7.19. The fraction of sp³-hybridized carbons (Fsp3) is 0.600. The van der Waals surface area contributed by atoms with E-state index in [-0.39, 0.29) is 5.28 Å². The Morgan fingerprint density at radius 1 is 1.20 bits per heavy atom. The second-order valence-corrected chi connectivity index (χ2v) is 4.04. The lowest BCUT2D eigenvalue weighted by atomic mass is 10.3. The van der Waals surface area contributed by atoms with Gasteiger partial charge in [-0.1, -0.05) is 25.4 Å². The van der Waals surface area contributed by atoms with Crippen LogP contribution < -0.4 is 4.90 Å². The Hall–Kier alpha value is -0.540. The Kier molecular flexibility index (Phi) is 5.12. The number of hydrogen-bond acceptors (Lipinski definition) is 3. The van der Waals surface area contributed by atoms with E-state index in [1.165, 1.54) is 0 Å². The summed E-state index contributed by atoms with van der Waals surface area (Å²) in [6, 6.07) is 0. The van der Waals surface area contributed by atoms with E-state index in [9.17, 15) is 0 Å². The number of nitrogens with zero attached hydrogens (tertiary/aromatic N) is 3. The first-order valence-electron chi connectivity index (χ1n) is 5.12. The summed E-state index contributed by atoms with van der Waals surface area (Å²) in [4.78, 5) is 10.1. The van der Waals surface area contributed by atoms with Crippen LogP contribution in [-0.2, 0) is 0 Å². The lowest BCUT2D eigenvalue weighted by molar-refractivity contribution is 0.733. The molecule has 0 unspecified atom stereocenters. The molecule has 0 atom stereocenters. The van der Waals surface area contributed by atoms with E-state index in [0.29, 0.717) is 5.02 Å². The van der Waals surface area contributed by atoms with Gasteiger partial charge < -0.3 is 4.90 Å². The minimum Gasteiger partial charge on any atom is -0.355 e. The van der Waals surface area contributed by atoms with Gasteiger partial charge in [-0.2, -0.15) is 4.98 Å². The maximum absolute atomic E-state index is 6.04. The maximum atomic E-state index is 6.04. The molecule has 0 spiro atoms. The Morgan fingerprint density at radius 3 is 2.33 bits per heavy atom. The van der Waals surface area contributed by atoms with E-state index in [2.05, 4.69) is 28.7 Å². The molecule has 1 rings (SSSR count). The Labute approximate surface area is 100 Å². The molecule has 0 N–H and O–H groups in total. The van der Waals surface area contributed by atoms with Gasteiger partial charge in [-0.05, 0) is 24.4 Å². The van der Waals surface area contributed by atoms with Gasteiger partial charge in [0.1, 0.15) is 5.02 Å². The average molecular weight is 248 g/mol. The molecule has 3 nitrogen and oxygen atoms in total. The summed E-state index contributed by atoms with van der Waals surface area (Å²) in [5, 5.41) is 0.799. The topological polar surface area (TPSA) is 29.0 Å². The molecular weight excluding hydrogens is 233 g/mol. The molecule has 0 aliphatic carbocycles. The van der Waals surface area contributed by atoms with Crippen molar-refractivity contribution in [1.82, 2.24) is 9.97 Å². The highest BCUT2D eigenvalue weighted by Crippen LogP contribution is 2.24. The highest BCUT2D eigenvalue weighted by atomic mass is 35.5. The van der Waals surface area contributed by atoms with Gasteiger partial charge in [-0.25, -0.2) is 4.98 Å². The van der Waals surface area contributed by atoms with Crippen LogP contribution in [0.4, 0.5) is 5.82 Å². The second kappa shape index (κ2) is 6.13. The molecule has 0 aliphatic heterocycles. The standard InChI is InChI=1S/C10H15Cl2N3/c1-3-5-15(6-4-2)9-8(11)7-13-10(12)14-9/h7H,3-6H2,1-2H3. The van der Waals surface area contributed by atoms with Gasteiger partial charge in [0.15, 0.2) is 5.82 Å². The predicted molar refractivity (Wildman–Crippen MR) is 64.8 cm³/mol. The second-order valence-electron chi connectivity index (χ2n) is 3.30. The first kappa shape index (κ1) is 12.5. The van der Waals surface area contributed by atoms with Gasteiger partial charge in [0, 0.05) is 13.1 Å². The van der Waals surface area contributed by atoms with Gasteiger partial charge in [0.25, 0.3) is 0 Å². The van der Waals surface area contributed by atoms with Crippen LogP contribution in [0, 0.1) is 0 Å². The molecule has 1 heterocycles. The predicted octanol–water partition coefficient (Wildman–Crippen LogP) is 3.41. The van der Waals surface area contributed by atoms with Crippen LogP contribution >= 0.6 is 23.2 Å². The SMILES string of the molecule is CCCN(CCC)c1nc(Cl)ncc1Cl. The monoisotopic (exact) mass is 247 g/mol. The Bertz CT molecular complexity index is 312. The van der Waals surface area contributed by atoms with Crippen molar-refractivity contribution in [3.8, 4) is 0 Å². The molecule has 0 radical (unpaired) electrons. The molecule has 0 saturated carbocycles. The first-order valence-corrected chi connectivity index (χ1v) is 5.87. The summed E-state index contributed by atoms with van der Waals surface area (Å²) in [6.45, 7) is 6.11. The Balaban J connectivity index is 2.93. The number of anilines is 1. The van der Waals surface area contributed by atoms with Crippen LogP contribution in [0.2, 0.25) is 10.3 Å². The average Bonchev–Trinajstić information content (AvgIpc) is 2.21. The van der Waals surface area contributed by atoms with Gasteiger partial charge >= 0.3 is 0 Å². The summed E-state index contributed by atoms with van der Waals surface area (Å²) in [5.41, 5.74) is 0. The molecule has 0 aliphatic rings. The summed E-state index contributed by atoms with van der Waals surface area (Å²) in [6.07, 6.45) is 3.65. The molecule has 0 saturated heterocycles. The third kappa shape index (κ3) is 3.50. The van der Waals surface area contributed by atoms with Crippen molar-refractivity contribution in [2.75, 3.05) is 18.0 Å². The summed E-state index contributed by atoms with van der Waals surface area (Å²) in [7, 11) is 0. The third-order valence-corrected chi connectivity index (χ3v) is 2.43. The molecule has 84 valence electrons. The number of aromatic nitrogens is 2. The van der Waals surface area contributed by atoms with E-state index in [1.54, 1.807) is 6.20 Å². The summed E-state index contributed by atoms with van der Waals surface area (Å²) < 4.78 is 0. The molecule has 0 amide bonds. The van der Waals surface area contributed by atoms with E-state index < -0.39 is 0 Å². The van der Waals surface area contributed by atoms with E-state index in [4.69, 9.17) is 23.2 Å². The fourth-order valence-electron chi connectivity index (χ4n) is 1.42. The zero-order chi connectivity index (χ0) is 11.3. The van der Waals surface area contributed by atoms with Crippen LogP contribution in [0.25, 0.3) is 0 Å². The molecular formula is C10H15Cl2N3. The zero-order valence-corrected chi connectivity index (χ0v) is 10.5. The third-order valence-electron chi connectivity index (χ3n) is 1.98. The molecule has 0 aromatic carbocycles. The van der Waals surface area contributed by atoms with E-state index >= 15 is 0 Å². The molecule has 0 bridgehead atoms. The highest BCUT2D eigenvalue weighted by Gasteiger charge is 2.11. The van der Waals surface area contributed by atoms with Crippen molar-refractivity contribution in [2.24, 2.45) is 0 Å². The van der Waals surface area contributed by atoms with Gasteiger partial charge in [0.2, 0.25) is 5.28 Å². The van der Waals surface area contributed by atoms with E-state index in [1.807, 2.05) is 0 Å². The van der Waals surface area contributed by atoms with Crippen LogP contribution in [0.1, 0.15) is 26.7 Å². The van der Waals surface area contributed by atoms with Crippen molar-refractivity contribution in [3.05, 3.63) is 16.5 Å². The van der Waals surface area contributed by atoms with Crippen molar-refractivity contribution in [2.45, 2.75) is 26.7 Å². The molecule has 5 heteroatoms. The maximum Gasteiger partial charge on any atom is 0.224 e. The van der Waals surface area contributed by atoms with E-state index in [0.717, 1.165) is 31.7 Å². The van der Waals surface area contributed by atoms with Crippen LogP contribution in [0.3, 0.4) is 0 Å². The lowest BCUT2D eigenvalue weighted by Crippen LogP contribution is -2.26. The summed E-state index contributed by atoms with van der Waals surface area (Å²) >= 11 is 11.8. The fourth-order valence-corrected chi connectivity index (χ4v) is 1.76. The molecule has 0 fully saturated rings. The number of halogens is 2. The molecule has 1 aromatic heterocycles. The van der Waals surface area contributed by atoms with Gasteiger partial charge in [-0.15, -0.1) is 0 Å². The van der Waals surface area contributed by atoms with Crippen molar-refractivity contribution < 1.29 is 0 Å². The quantitative estimate of drug-likeness (QED) is 0.747. The summed E-state index contributed by atoms with van der Waals surface area (Å²) in [5.74, 6) is 0.736. The van der Waals surface area contributed by atoms with Crippen LogP contribution in [0.15, 0.2) is 6.20 Å². The van der Waals surface area contributed by atoms with Crippen LogP contribution in [0.5, 0.6) is 0 Å². The Morgan fingerprint density at radius 2 is 1.80 bits per heavy atom.